The number of thiazole rings is 1. The minimum Gasteiger partial charge on any atom is -0.477 e. The fourth-order valence-corrected chi connectivity index (χ4v) is 4.84. The summed E-state index contributed by atoms with van der Waals surface area (Å²) >= 11 is 0.903. The number of ether oxygens (including phenoxy) is 1. The van der Waals surface area contributed by atoms with Gasteiger partial charge in [-0.05, 0) is 22.3 Å². The van der Waals surface area contributed by atoms with E-state index in [9.17, 15) is 14.7 Å². The lowest BCUT2D eigenvalue weighted by atomic mass is 9.98. The van der Waals surface area contributed by atoms with Gasteiger partial charge < -0.3 is 9.84 Å². The van der Waals surface area contributed by atoms with Crippen LogP contribution < -0.4 is 5.32 Å². The average molecular weight is 442 g/mol. The maximum Gasteiger partial charge on any atom is 0.413 e. The Morgan fingerprint density at radius 1 is 0.906 bits per heavy atom. The van der Waals surface area contributed by atoms with E-state index in [0.717, 1.165) is 33.6 Å². The van der Waals surface area contributed by atoms with Gasteiger partial charge in [0.15, 0.2) is 5.13 Å². The molecule has 1 aromatic heterocycles. The summed E-state index contributed by atoms with van der Waals surface area (Å²) in [5.41, 5.74) is 5.52. The number of carbonyl (C=O) groups excluding carboxylic acids is 1. The minimum atomic E-state index is -1.10. The molecule has 5 rings (SSSR count). The van der Waals surface area contributed by atoms with Crippen molar-refractivity contribution >= 4 is 28.5 Å². The Morgan fingerprint density at radius 3 is 2.12 bits per heavy atom. The Labute approximate surface area is 188 Å². The van der Waals surface area contributed by atoms with Gasteiger partial charge in [0, 0.05) is 11.5 Å². The Bertz CT molecular complexity index is 1270. The number of benzene rings is 3. The number of nitrogens with one attached hydrogen (secondary N) is 1. The van der Waals surface area contributed by atoms with Crippen LogP contribution in [0, 0.1) is 0 Å². The normalized spacial score (nSPS) is 12.1. The zero-order valence-corrected chi connectivity index (χ0v) is 17.6. The summed E-state index contributed by atoms with van der Waals surface area (Å²) in [7, 11) is 0. The van der Waals surface area contributed by atoms with Gasteiger partial charge in [0.2, 0.25) is 0 Å². The zero-order valence-electron chi connectivity index (χ0n) is 16.8. The van der Waals surface area contributed by atoms with Gasteiger partial charge in [-0.2, -0.15) is 0 Å². The molecule has 158 valence electrons. The number of aromatic carboxylic acids is 1. The highest BCUT2D eigenvalue weighted by molar-refractivity contribution is 7.18. The first kappa shape index (κ1) is 20.0. The largest absolute Gasteiger partial charge is 0.477 e. The third kappa shape index (κ3) is 3.63. The number of aromatic nitrogens is 1. The van der Waals surface area contributed by atoms with Gasteiger partial charge in [-0.3, -0.25) is 5.32 Å². The highest BCUT2D eigenvalue weighted by atomic mass is 32.1. The summed E-state index contributed by atoms with van der Waals surface area (Å²) in [6.45, 7) is 0.169. The monoisotopic (exact) mass is 442 g/mol. The van der Waals surface area contributed by atoms with E-state index in [-0.39, 0.29) is 22.5 Å². The van der Waals surface area contributed by atoms with Gasteiger partial charge in [-0.25, -0.2) is 14.6 Å². The lowest BCUT2D eigenvalue weighted by Crippen LogP contribution is -2.17. The molecule has 0 bridgehead atoms. The van der Waals surface area contributed by atoms with Crippen LogP contribution in [-0.4, -0.2) is 28.8 Å². The zero-order chi connectivity index (χ0) is 22.1. The molecule has 0 unspecified atom stereocenters. The summed E-state index contributed by atoms with van der Waals surface area (Å²) in [4.78, 5) is 28.5. The van der Waals surface area contributed by atoms with Gasteiger partial charge in [-0.1, -0.05) is 90.2 Å². The van der Waals surface area contributed by atoms with Crippen molar-refractivity contribution in [3.8, 4) is 22.4 Å². The van der Waals surface area contributed by atoms with E-state index in [4.69, 9.17) is 4.74 Å². The van der Waals surface area contributed by atoms with Crippen LogP contribution in [0.5, 0.6) is 0 Å². The molecule has 4 aromatic rings. The van der Waals surface area contributed by atoms with Crippen molar-refractivity contribution in [2.24, 2.45) is 0 Å². The average Bonchev–Trinajstić information content (AvgIpc) is 3.38. The number of hydrogen-bond acceptors (Lipinski definition) is 5. The first-order valence-corrected chi connectivity index (χ1v) is 10.8. The highest BCUT2D eigenvalue weighted by Crippen LogP contribution is 2.44. The van der Waals surface area contributed by atoms with Crippen LogP contribution in [0.2, 0.25) is 0 Å². The Balaban J connectivity index is 1.33. The molecule has 0 saturated heterocycles. The van der Waals surface area contributed by atoms with E-state index in [2.05, 4.69) is 22.4 Å². The first-order valence-electron chi connectivity index (χ1n) is 10.0. The van der Waals surface area contributed by atoms with Crippen LogP contribution >= 0.6 is 11.3 Å². The molecule has 1 heterocycles. The number of anilines is 1. The van der Waals surface area contributed by atoms with Crippen molar-refractivity contribution in [2.75, 3.05) is 11.9 Å². The van der Waals surface area contributed by atoms with E-state index >= 15 is 0 Å². The van der Waals surface area contributed by atoms with Crippen molar-refractivity contribution in [2.45, 2.75) is 5.92 Å². The first-order chi connectivity index (χ1) is 15.6. The molecule has 0 radical (unpaired) electrons. The van der Waals surface area contributed by atoms with Crippen LogP contribution in [0.15, 0.2) is 78.9 Å². The number of carbonyl (C=O) groups is 2. The molecule has 1 aliphatic rings. The van der Waals surface area contributed by atoms with Gasteiger partial charge >= 0.3 is 12.1 Å². The van der Waals surface area contributed by atoms with Gasteiger partial charge in [0.1, 0.15) is 11.5 Å². The Morgan fingerprint density at radius 2 is 1.50 bits per heavy atom. The van der Waals surface area contributed by atoms with Crippen molar-refractivity contribution in [1.29, 1.82) is 0 Å². The Hall–Kier alpha value is -3.97. The molecule has 6 nitrogen and oxygen atoms in total. The number of hydrogen-bond donors (Lipinski definition) is 2. The van der Waals surface area contributed by atoms with Crippen LogP contribution in [0.4, 0.5) is 9.93 Å². The van der Waals surface area contributed by atoms with Gasteiger partial charge in [0.25, 0.3) is 0 Å². The summed E-state index contributed by atoms with van der Waals surface area (Å²) in [6, 6.07) is 25.2. The lowest BCUT2D eigenvalue weighted by Gasteiger charge is -2.14. The van der Waals surface area contributed by atoms with Gasteiger partial charge in [-0.15, -0.1) is 0 Å². The molecule has 0 fully saturated rings. The van der Waals surface area contributed by atoms with Gasteiger partial charge in [0.05, 0.1) is 5.69 Å². The maximum atomic E-state index is 12.5. The summed E-state index contributed by atoms with van der Waals surface area (Å²) in [6.07, 6.45) is -0.669. The molecule has 7 heteroatoms. The molecule has 0 atom stereocenters. The molecular formula is C25H18N2O4S. The number of amides is 1. The highest BCUT2D eigenvalue weighted by Gasteiger charge is 2.29. The molecule has 2 N–H and O–H groups in total. The number of carboxylic acid groups (broad SMARTS) is 1. The number of carboxylic acids is 1. The predicted octanol–water partition coefficient (Wildman–Crippen LogP) is 5.87. The van der Waals surface area contributed by atoms with Crippen molar-refractivity contribution in [3.05, 3.63) is 94.9 Å². The molecule has 32 heavy (non-hydrogen) atoms. The minimum absolute atomic E-state index is 0.0566. The van der Waals surface area contributed by atoms with Crippen LogP contribution in [-0.2, 0) is 4.74 Å². The van der Waals surface area contributed by atoms with Crippen LogP contribution in [0.1, 0.15) is 26.7 Å². The van der Waals surface area contributed by atoms with Crippen molar-refractivity contribution in [3.63, 3.8) is 0 Å². The Kier molecular flexibility index (Phi) is 5.17. The standard InChI is InChI=1S/C25H18N2O4S/c28-23(29)22-21(15-8-2-1-3-9-15)26-24(32-22)27-25(30)31-14-20-18-12-6-4-10-16(18)17-11-5-7-13-19(17)20/h1-13,20H,14H2,(H,28,29)(H,26,27,30). The summed E-state index contributed by atoms with van der Waals surface area (Å²) in [5, 5.41) is 12.3. The smallest absolute Gasteiger partial charge is 0.413 e. The second-order valence-electron chi connectivity index (χ2n) is 7.32. The molecule has 0 spiro atoms. The molecular weight excluding hydrogens is 424 g/mol. The fourth-order valence-electron chi connectivity index (χ4n) is 4.03. The van der Waals surface area contributed by atoms with E-state index in [1.807, 2.05) is 42.5 Å². The molecule has 1 amide bonds. The van der Waals surface area contributed by atoms with Crippen LogP contribution in [0.25, 0.3) is 22.4 Å². The predicted molar refractivity (Wildman–Crippen MR) is 123 cm³/mol. The third-order valence-electron chi connectivity index (χ3n) is 5.42. The van der Waals surface area contributed by atoms with Crippen molar-refractivity contribution < 1.29 is 19.4 Å². The molecule has 3 aromatic carbocycles. The second kappa shape index (κ2) is 8.28. The molecule has 0 saturated carbocycles. The van der Waals surface area contributed by atoms with E-state index in [1.54, 1.807) is 24.3 Å². The second-order valence-corrected chi connectivity index (χ2v) is 8.32. The molecule has 1 aliphatic carbocycles. The fraction of sp³-hybridized carbons (Fsp3) is 0.0800. The van der Waals surface area contributed by atoms with Crippen LogP contribution in [0.3, 0.4) is 0 Å². The number of fused-ring (bicyclic) bond motifs is 3. The SMILES string of the molecule is O=C(Nc1nc(-c2ccccc2)c(C(=O)O)s1)OCC1c2ccccc2-c2ccccc21. The number of rotatable bonds is 5. The quantitative estimate of drug-likeness (QED) is 0.404. The third-order valence-corrected chi connectivity index (χ3v) is 6.38. The summed E-state index contributed by atoms with van der Waals surface area (Å²) < 4.78 is 5.53. The van der Waals surface area contributed by atoms with Crippen molar-refractivity contribution in [1.82, 2.24) is 4.98 Å². The van der Waals surface area contributed by atoms with E-state index in [1.165, 1.54) is 0 Å². The molecule has 0 aliphatic heterocycles. The maximum absolute atomic E-state index is 12.5. The topological polar surface area (TPSA) is 88.5 Å². The lowest BCUT2D eigenvalue weighted by molar-refractivity contribution is 0.0702. The number of nitrogens with zero attached hydrogens (tertiary/aromatic N) is 1. The van der Waals surface area contributed by atoms with E-state index in [0.29, 0.717) is 11.3 Å². The summed E-state index contributed by atoms with van der Waals surface area (Å²) in [5.74, 6) is -1.15. The van der Waals surface area contributed by atoms with E-state index < -0.39 is 12.1 Å².